The van der Waals surface area contributed by atoms with Crippen LogP contribution in [0.1, 0.15) is 0 Å². The fourth-order valence-electron chi connectivity index (χ4n) is 7.70. The van der Waals surface area contributed by atoms with Gasteiger partial charge < -0.3 is 4.57 Å². The van der Waals surface area contributed by atoms with Crippen LogP contribution in [-0.2, 0) is 0 Å². The van der Waals surface area contributed by atoms with Gasteiger partial charge in [-0.2, -0.15) is 0 Å². The maximum Gasteiger partial charge on any atom is 0.145 e. The Morgan fingerprint density at radius 3 is 1.64 bits per heavy atom. The lowest BCUT2D eigenvalue weighted by Gasteiger charge is -2.13. The quantitative estimate of drug-likeness (QED) is 0.184. The Balaban J connectivity index is 1.23. The van der Waals surface area contributed by atoms with Gasteiger partial charge in [-0.1, -0.05) is 115 Å². The first-order valence-corrected chi connectivity index (χ1v) is 17.1. The molecule has 0 saturated carbocycles. The van der Waals surface area contributed by atoms with Gasteiger partial charge in [0.25, 0.3) is 0 Å². The molecule has 0 radical (unpaired) electrons. The van der Waals surface area contributed by atoms with Crippen LogP contribution >= 0.6 is 0 Å². The van der Waals surface area contributed by atoms with Crippen LogP contribution < -0.4 is 0 Å². The lowest BCUT2D eigenvalue weighted by Crippen LogP contribution is -1.96. The third-order valence-corrected chi connectivity index (χ3v) is 9.92. The fraction of sp³-hybridized carbons (Fsp3) is 0. The number of nitrogens with zero attached hydrogens (tertiary/aromatic N) is 3. The highest BCUT2D eigenvalue weighted by atomic mass is 15.1. The predicted octanol–water partition coefficient (Wildman–Crippen LogP) is 12.3. The molecule has 50 heavy (non-hydrogen) atoms. The van der Waals surface area contributed by atoms with Gasteiger partial charge in [-0.05, 0) is 100 Å². The zero-order valence-corrected chi connectivity index (χ0v) is 27.2. The Bertz CT molecular complexity index is 2790. The van der Waals surface area contributed by atoms with Crippen molar-refractivity contribution in [1.82, 2.24) is 14.1 Å². The van der Waals surface area contributed by atoms with E-state index in [2.05, 4.69) is 191 Å². The molecule has 3 heteroatoms. The van der Waals surface area contributed by atoms with Gasteiger partial charge in [-0.25, -0.2) is 4.98 Å². The lowest BCUT2D eigenvalue weighted by atomic mass is 9.93. The van der Waals surface area contributed by atoms with Crippen molar-refractivity contribution in [2.45, 2.75) is 0 Å². The van der Waals surface area contributed by atoms with Gasteiger partial charge in [0.05, 0.1) is 16.6 Å². The third kappa shape index (κ3) is 4.48. The molecule has 0 N–H and O–H groups in total. The Hall–Kier alpha value is -6.71. The summed E-state index contributed by atoms with van der Waals surface area (Å²) in [7, 11) is 0. The average Bonchev–Trinajstić information content (AvgIpc) is 3.72. The van der Waals surface area contributed by atoms with Gasteiger partial charge in [0, 0.05) is 39.1 Å². The van der Waals surface area contributed by atoms with Crippen molar-refractivity contribution < 1.29 is 0 Å². The minimum Gasteiger partial charge on any atom is -0.309 e. The minimum atomic E-state index is 0.944. The van der Waals surface area contributed by atoms with Crippen LogP contribution in [0.3, 0.4) is 0 Å². The number of aromatic nitrogens is 3. The molecule has 10 aromatic rings. The van der Waals surface area contributed by atoms with Crippen LogP contribution in [0.5, 0.6) is 0 Å². The maximum absolute atomic E-state index is 5.02. The van der Waals surface area contributed by atoms with E-state index in [0.717, 1.165) is 33.5 Å². The molecule has 7 aromatic carbocycles. The number of hydrogen-bond donors (Lipinski definition) is 0. The van der Waals surface area contributed by atoms with Gasteiger partial charge in [0.1, 0.15) is 5.65 Å². The first-order valence-electron chi connectivity index (χ1n) is 17.1. The molecule has 3 heterocycles. The van der Waals surface area contributed by atoms with E-state index in [1.807, 2.05) is 6.20 Å². The van der Waals surface area contributed by atoms with Crippen LogP contribution in [0.2, 0.25) is 0 Å². The molecule has 0 aliphatic heterocycles. The van der Waals surface area contributed by atoms with E-state index in [-0.39, 0.29) is 0 Å². The van der Waals surface area contributed by atoms with Crippen LogP contribution in [0, 0.1) is 0 Å². The molecule has 0 fully saturated rings. The van der Waals surface area contributed by atoms with E-state index in [1.165, 1.54) is 55.0 Å². The summed E-state index contributed by atoms with van der Waals surface area (Å²) in [6.45, 7) is 0. The number of rotatable bonds is 5. The van der Waals surface area contributed by atoms with Crippen molar-refractivity contribution in [3.8, 4) is 44.8 Å². The molecular formula is C47H31N3. The number of benzene rings is 7. The van der Waals surface area contributed by atoms with Gasteiger partial charge >= 0.3 is 0 Å². The molecule has 3 nitrogen and oxygen atoms in total. The lowest BCUT2D eigenvalue weighted by molar-refractivity contribution is 1.14. The number of para-hydroxylation sites is 2. The van der Waals surface area contributed by atoms with Crippen LogP contribution in [0.15, 0.2) is 188 Å². The topological polar surface area (TPSA) is 22.8 Å². The summed E-state index contributed by atoms with van der Waals surface area (Å²) in [5.74, 6) is 0. The second-order valence-corrected chi connectivity index (χ2v) is 12.8. The predicted molar refractivity (Wildman–Crippen MR) is 209 cm³/mol. The normalized spacial score (nSPS) is 11.6. The van der Waals surface area contributed by atoms with E-state index in [0.29, 0.717) is 0 Å². The second kappa shape index (κ2) is 11.5. The summed E-state index contributed by atoms with van der Waals surface area (Å²) in [5, 5.41) is 4.82. The van der Waals surface area contributed by atoms with Crippen molar-refractivity contribution in [2.75, 3.05) is 0 Å². The molecule has 0 aliphatic carbocycles. The van der Waals surface area contributed by atoms with Gasteiger partial charge in [-0.15, -0.1) is 0 Å². The summed E-state index contributed by atoms with van der Waals surface area (Å²) < 4.78 is 4.75. The average molecular weight is 638 g/mol. The van der Waals surface area contributed by atoms with E-state index in [1.54, 1.807) is 0 Å². The summed E-state index contributed by atoms with van der Waals surface area (Å²) in [6, 6.07) is 65.4. The molecule has 0 unspecified atom stereocenters. The molecular weight excluding hydrogens is 607 g/mol. The first kappa shape index (κ1) is 28.3. The molecule has 234 valence electrons. The number of hydrogen-bond acceptors (Lipinski definition) is 1. The van der Waals surface area contributed by atoms with E-state index in [9.17, 15) is 0 Å². The molecule has 0 bridgehead atoms. The zero-order valence-electron chi connectivity index (χ0n) is 27.2. The summed E-state index contributed by atoms with van der Waals surface area (Å²) in [5.41, 5.74) is 13.8. The van der Waals surface area contributed by atoms with Crippen LogP contribution in [0.4, 0.5) is 0 Å². The molecule has 0 atom stereocenters. The smallest absolute Gasteiger partial charge is 0.145 e. The van der Waals surface area contributed by atoms with Gasteiger partial charge in [0.2, 0.25) is 0 Å². The standard InChI is InChI=1S/C47H31N3/c1-4-14-32(15-5-1)35-28-36(33-16-6-2-7-17-33)30-37(29-35)34-18-12-21-39(31-34)50-44-26-25-41-40-22-10-11-24-43(40)49(38-19-8-3-9-20-38)46(41)45(44)42-23-13-27-48-47(42)50/h1-31H. The maximum atomic E-state index is 5.02. The number of fused-ring (bicyclic) bond motifs is 7. The molecule has 0 amide bonds. The van der Waals surface area contributed by atoms with E-state index in [4.69, 9.17) is 4.98 Å². The highest BCUT2D eigenvalue weighted by Gasteiger charge is 2.21. The van der Waals surface area contributed by atoms with E-state index < -0.39 is 0 Å². The van der Waals surface area contributed by atoms with Gasteiger partial charge in [-0.3, -0.25) is 4.57 Å². The SMILES string of the molecule is c1ccc(-c2cc(-c3ccccc3)cc(-c3cccc(-n4c5ccc6c7ccccc7n(-c7ccccc7)c6c5c5cccnc54)c3)c2)cc1. The minimum absolute atomic E-state index is 0.944. The van der Waals surface area contributed by atoms with Crippen molar-refractivity contribution in [3.05, 3.63) is 188 Å². The highest BCUT2D eigenvalue weighted by Crippen LogP contribution is 2.42. The van der Waals surface area contributed by atoms with Crippen molar-refractivity contribution in [2.24, 2.45) is 0 Å². The second-order valence-electron chi connectivity index (χ2n) is 12.8. The van der Waals surface area contributed by atoms with Crippen molar-refractivity contribution in [3.63, 3.8) is 0 Å². The zero-order chi connectivity index (χ0) is 33.0. The first-order chi connectivity index (χ1) is 24.8. The van der Waals surface area contributed by atoms with Gasteiger partial charge in [0.15, 0.2) is 0 Å². The van der Waals surface area contributed by atoms with Crippen molar-refractivity contribution in [1.29, 1.82) is 0 Å². The Labute approximate surface area is 290 Å². The Kier molecular flexibility index (Phi) is 6.49. The highest BCUT2D eigenvalue weighted by molar-refractivity contribution is 6.25. The fourth-order valence-corrected chi connectivity index (χ4v) is 7.70. The molecule has 0 saturated heterocycles. The Morgan fingerprint density at radius 2 is 0.920 bits per heavy atom. The van der Waals surface area contributed by atoms with Crippen LogP contribution in [0.25, 0.3) is 88.5 Å². The third-order valence-electron chi connectivity index (χ3n) is 9.92. The summed E-state index contributed by atoms with van der Waals surface area (Å²) >= 11 is 0. The number of pyridine rings is 1. The largest absolute Gasteiger partial charge is 0.309 e. The Morgan fingerprint density at radius 1 is 0.340 bits per heavy atom. The van der Waals surface area contributed by atoms with Crippen LogP contribution in [-0.4, -0.2) is 14.1 Å². The summed E-state index contributed by atoms with van der Waals surface area (Å²) in [6.07, 6.45) is 1.90. The summed E-state index contributed by atoms with van der Waals surface area (Å²) in [4.78, 5) is 5.02. The monoisotopic (exact) mass is 637 g/mol. The molecule has 10 rings (SSSR count). The molecule has 0 spiro atoms. The van der Waals surface area contributed by atoms with Crippen molar-refractivity contribution >= 4 is 43.7 Å². The van der Waals surface area contributed by atoms with E-state index >= 15 is 0 Å². The molecule has 0 aliphatic rings. The molecule has 3 aromatic heterocycles.